The van der Waals surface area contributed by atoms with Gasteiger partial charge in [0.1, 0.15) is 0 Å². The van der Waals surface area contributed by atoms with E-state index >= 15 is 0 Å². The molecule has 1 N–H and O–H groups in total. The van der Waals surface area contributed by atoms with Gasteiger partial charge in [-0.3, -0.25) is 10.1 Å². The maximum absolute atomic E-state index is 12.2. The zero-order chi connectivity index (χ0) is 15.3. The highest BCUT2D eigenvalue weighted by molar-refractivity contribution is 7.88. The van der Waals surface area contributed by atoms with E-state index in [-0.39, 0.29) is 30.4 Å². The quantitative estimate of drug-likeness (QED) is 0.642. The number of aliphatic hydroxyl groups is 1. The number of nitro groups is 1. The van der Waals surface area contributed by atoms with Crippen LogP contribution >= 0.6 is 0 Å². The lowest BCUT2D eigenvalue weighted by molar-refractivity contribution is -0.384. The Kier molecular flexibility index (Phi) is 3.27. The highest BCUT2D eigenvalue weighted by atomic mass is 32.2. The number of nitro benzene ring substituents is 1. The largest absolute Gasteiger partial charge is 0.387 e. The van der Waals surface area contributed by atoms with Gasteiger partial charge in [0.25, 0.3) is 5.69 Å². The van der Waals surface area contributed by atoms with E-state index in [0.29, 0.717) is 5.56 Å². The molecule has 1 aliphatic carbocycles. The predicted molar refractivity (Wildman–Crippen MR) is 75.0 cm³/mol. The minimum atomic E-state index is -3.48. The first-order chi connectivity index (χ1) is 9.80. The van der Waals surface area contributed by atoms with Crippen LogP contribution in [0, 0.1) is 16.0 Å². The molecule has 0 aromatic heterocycles. The summed E-state index contributed by atoms with van der Waals surface area (Å²) in [4.78, 5) is 10.0. The van der Waals surface area contributed by atoms with Gasteiger partial charge in [0.2, 0.25) is 10.0 Å². The van der Waals surface area contributed by atoms with Crippen molar-refractivity contribution in [3.05, 3.63) is 39.9 Å². The molecule has 7 nitrogen and oxygen atoms in total. The summed E-state index contributed by atoms with van der Waals surface area (Å²) in [5.41, 5.74) is -0.409. The maximum Gasteiger partial charge on any atom is 0.269 e. The normalized spacial score (nSPS) is 21.8. The van der Waals surface area contributed by atoms with E-state index in [0.717, 1.165) is 12.8 Å². The van der Waals surface area contributed by atoms with E-state index in [1.165, 1.54) is 28.6 Å². The van der Waals surface area contributed by atoms with Gasteiger partial charge in [0.15, 0.2) is 0 Å². The molecule has 0 amide bonds. The first kappa shape index (κ1) is 14.4. The topological polar surface area (TPSA) is 101 Å². The van der Waals surface area contributed by atoms with Crippen LogP contribution in [0.15, 0.2) is 24.3 Å². The number of sulfonamides is 1. The molecule has 1 aliphatic heterocycles. The maximum atomic E-state index is 12.2. The van der Waals surface area contributed by atoms with Crippen LogP contribution in [0.5, 0.6) is 0 Å². The van der Waals surface area contributed by atoms with Crippen molar-refractivity contribution in [2.24, 2.45) is 5.92 Å². The lowest BCUT2D eigenvalue weighted by atomic mass is 9.91. The third-order valence-electron chi connectivity index (χ3n) is 4.13. The third kappa shape index (κ3) is 2.78. The van der Waals surface area contributed by atoms with Gasteiger partial charge < -0.3 is 5.11 Å². The first-order valence-electron chi connectivity index (χ1n) is 6.74. The summed E-state index contributed by atoms with van der Waals surface area (Å²) in [6.07, 6.45) is 1.93. The molecule has 8 heteroatoms. The summed E-state index contributed by atoms with van der Waals surface area (Å²) < 4.78 is 25.7. The van der Waals surface area contributed by atoms with Crippen molar-refractivity contribution in [1.82, 2.24) is 4.31 Å². The molecular formula is C13H16N2O5S. The molecule has 3 rings (SSSR count). The van der Waals surface area contributed by atoms with Crippen molar-refractivity contribution in [3.63, 3.8) is 0 Å². The van der Waals surface area contributed by atoms with Crippen LogP contribution in [0.3, 0.4) is 0 Å². The summed E-state index contributed by atoms with van der Waals surface area (Å²) >= 11 is 0. The fraction of sp³-hybridized carbons (Fsp3) is 0.538. The molecule has 21 heavy (non-hydrogen) atoms. The summed E-state index contributed by atoms with van der Waals surface area (Å²) in [5, 5.41) is 20.7. The van der Waals surface area contributed by atoms with Gasteiger partial charge in [0, 0.05) is 25.2 Å². The molecule has 1 heterocycles. The molecule has 0 unspecified atom stereocenters. The first-order valence-corrected chi connectivity index (χ1v) is 8.35. The van der Waals surface area contributed by atoms with Gasteiger partial charge in [-0.15, -0.1) is 0 Å². The monoisotopic (exact) mass is 312 g/mol. The Balaban J connectivity index is 1.65. The van der Waals surface area contributed by atoms with Crippen molar-refractivity contribution >= 4 is 15.7 Å². The van der Waals surface area contributed by atoms with Gasteiger partial charge in [-0.2, -0.15) is 4.31 Å². The van der Waals surface area contributed by atoms with E-state index in [9.17, 15) is 23.6 Å². The fourth-order valence-electron chi connectivity index (χ4n) is 2.66. The van der Waals surface area contributed by atoms with E-state index in [4.69, 9.17) is 0 Å². The zero-order valence-corrected chi connectivity index (χ0v) is 12.1. The molecule has 1 aromatic rings. The van der Waals surface area contributed by atoms with Gasteiger partial charge in [-0.05, 0) is 24.3 Å². The Bertz CT molecular complexity index is 660. The number of benzene rings is 1. The number of β-amino-alcohol motifs (C(OH)–C–C–N with tert-alkyl or cyclic N) is 1. The standard InChI is InChI=1S/C13H16N2O5S/c16-13(11-3-4-11)8-14(9-13)21(19,20)7-10-1-5-12(6-2-10)15(17)18/h1-2,5-6,11,16H,3-4,7-9H2. The Hall–Kier alpha value is -1.51. The summed E-state index contributed by atoms with van der Waals surface area (Å²) in [5.74, 6) is 0.0366. The van der Waals surface area contributed by atoms with Gasteiger partial charge in [0.05, 0.1) is 16.3 Å². The molecule has 0 spiro atoms. The van der Waals surface area contributed by atoms with Crippen LogP contribution in [0.1, 0.15) is 18.4 Å². The summed E-state index contributed by atoms with van der Waals surface area (Å²) in [6, 6.07) is 5.48. The van der Waals surface area contributed by atoms with Crippen molar-refractivity contribution < 1.29 is 18.4 Å². The van der Waals surface area contributed by atoms with Crippen LogP contribution in [0.4, 0.5) is 5.69 Å². The Morgan fingerprint density at radius 3 is 2.33 bits per heavy atom. The summed E-state index contributed by atoms with van der Waals surface area (Å²) in [7, 11) is -3.48. The van der Waals surface area contributed by atoms with Crippen LogP contribution in [-0.2, 0) is 15.8 Å². The van der Waals surface area contributed by atoms with E-state index in [1.807, 2.05) is 0 Å². The second-order valence-electron chi connectivity index (χ2n) is 5.83. The Labute approximate surface area is 122 Å². The highest BCUT2D eigenvalue weighted by Gasteiger charge is 2.54. The highest BCUT2D eigenvalue weighted by Crippen LogP contribution is 2.45. The number of rotatable bonds is 5. The molecule has 1 aromatic carbocycles. The van der Waals surface area contributed by atoms with Crippen LogP contribution in [0.25, 0.3) is 0 Å². The SMILES string of the molecule is O=[N+]([O-])c1ccc(CS(=O)(=O)N2CC(O)(C3CC3)C2)cc1. The Morgan fingerprint density at radius 2 is 1.86 bits per heavy atom. The molecule has 0 radical (unpaired) electrons. The summed E-state index contributed by atoms with van der Waals surface area (Å²) in [6.45, 7) is 0.319. The number of nitrogens with zero attached hydrogens (tertiary/aromatic N) is 2. The fourth-order valence-corrected chi connectivity index (χ4v) is 4.29. The number of non-ortho nitro benzene ring substituents is 1. The van der Waals surface area contributed by atoms with E-state index in [2.05, 4.69) is 0 Å². The predicted octanol–water partition coefficient (Wildman–Crippen LogP) is 0.881. The van der Waals surface area contributed by atoms with Crippen molar-refractivity contribution in [1.29, 1.82) is 0 Å². The van der Waals surface area contributed by atoms with Crippen LogP contribution < -0.4 is 0 Å². The average Bonchev–Trinajstić information content (AvgIpc) is 3.19. The smallest absolute Gasteiger partial charge is 0.269 e. The lowest BCUT2D eigenvalue weighted by Gasteiger charge is -2.45. The zero-order valence-electron chi connectivity index (χ0n) is 11.3. The van der Waals surface area contributed by atoms with Gasteiger partial charge in [-0.1, -0.05) is 12.1 Å². The van der Waals surface area contributed by atoms with Gasteiger partial charge in [-0.25, -0.2) is 8.42 Å². The second kappa shape index (κ2) is 4.75. The minimum Gasteiger partial charge on any atom is -0.387 e. The average molecular weight is 312 g/mol. The lowest BCUT2D eigenvalue weighted by Crippen LogP contribution is -2.64. The molecule has 2 aliphatic rings. The molecule has 0 atom stereocenters. The van der Waals surface area contributed by atoms with Crippen molar-refractivity contribution in [2.45, 2.75) is 24.2 Å². The Morgan fingerprint density at radius 1 is 1.29 bits per heavy atom. The van der Waals surface area contributed by atoms with Gasteiger partial charge >= 0.3 is 0 Å². The molecule has 1 saturated heterocycles. The van der Waals surface area contributed by atoms with Crippen molar-refractivity contribution in [3.8, 4) is 0 Å². The number of hydrogen-bond acceptors (Lipinski definition) is 5. The van der Waals surface area contributed by atoms with Crippen LogP contribution in [0.2, 0.25) is 0 Å². The molecule has 0 bridgehead atoms. The molecular weight excluding hydrogens is 296 g/mol. The van der Waals surface area contributed by atoms with E-state index < -0.39 is 20.5 Å². The molecule has 1 saturated carbocycles. The molecule has 114 valence electrons. The minimum absolute atomic E-state index is 0.0665. The van der Waals surface area contributed by atoms with E-state index in [1.54, 1.807) is 0 Å². The van der Waals surface area contributed by atoms with Crippen molar-refractivity contribution in [2.75, 3.05) is 13.1 Å². The molecule has 2 fully saturated rings. The third-order valence-corrected chi connectivity index (χ3v) is 5.87. The number of hydrogen-bond donors (Lipinski definition) is 1. The second-order valence-corrected chi connectivity index (χ2v) is 7.79. The van der Waals surface area contributed by atoms with Crippen LogP contribution in [-0.4, -0.2) is 41.4 Å².